The third-order valence-electron chi connectivity index (χ3n) is 5.55. The van der Waals surface area contributed by atoms with Crippen LogP contribution in [0.5, 0.6) is 23.0 Å². The molecule has 2 aliphatic heterocycles. The van der Waals surface area contributed by atoms with E-state index in [9.17, 15) is 9.59 Å². The first-order valence-corrected chi connectivity index (χ1v) is 10.0. The molecule has 9 heteroatoms. The van der Waals surface area contributed by atoms with E-state index in [4.69, 9.17) is 18.9 Å². The number of carbonyl (C=O) groups excluding carboxylic acids is 2. The summed E-state index contributed by atoms with van der Waals surface area (Å²) in [4.78, 5) is 27.5. The van der Waals surface area contributed by atoms with Gasteiger partial charge in [0.1, 0.15) is 5.75 Å². The zero-order valence-corrected chi connectivity index (χ0v) is 18.4. The summed E-state index contributed by atoms with van der Waals surface area (Å²) in [5.41, 5.74) is 2.65. The lowest BCUT2D eigenvalue weighted by molar-refractivity contribution is -0.126. The Morgan fingerprint density at radius 3 is 2.31 bits per heavy atom. The van der Waals surface area contributed by atoms with Gasteiger partial charge in [-0.05, 0) is 35.4 Å². The minimum absolute atomic E-state index is 0.158. The third-order valence-corrected chi connectivity index (χ3v) is 5.55. The molecule has 2 aromatic rings. The summed E-state index contributed by atoms with van der Waals surface area (Å²) in [5, 5.41) is 5.63. The number of rotatable bonds is 7. The minimum atomic E-state index is -0.657. The molecule has 168 valence electrons. The maximum Gasteiger partial charge on any atom is 0.319 e. The smallest absolute Gasteiger partial charge is 0.319 e. The highest BCUT2D eigenvalue weighted by Crippen LogP contribution is 2.42. The second kappa shape index (κ2) is 8.70. The summed E-state index contributed by atoms with van der Waals surface area (Å²) in [7, 11) is 6.15. The molecule has 0 unspecified atom stereocenters. The SMILES string of the molecule is COc1cccc(CN2CC3=C(C2=O)[C@@H](c2cc(OC)c(OC)c(OC)c2)NC(=O)N3)c1. The molecule has 0 saturated heterocycles. The largest absolute Gasteiger partial charge is 0.497 e. The van der Waals surface area contributed by atoms with E-state index in [0.717, 1.165) is 11.3 Å². The van der Waals surface area contributed by atoms with Gasteiger partial charge in [0.2, 0.25) is 5.75 Å². The zero-order chi connectivity index (χ0) is 22.8. The van der Waals surface area contributed by atoms with E-state index in [1.807, 2.05) is 24.3 Å². The second-order valence-electron chi connectivity index (χ2n) is 7.40. The number of amides is 3. The molecule has 4 rings (SSSR count). The lowest BCUT2D eigenvalue weighted by atomic mass is 9.95. The first kappa shape index (κ1) is 21.4. The van der Waals surface area contributed by atoms with Crippen molar-refractivity contribution in [1.82, 2.24) is 15.5 Å². The van der Waals surface area contributed by atoms with Crippen molar-refractivity contribution in [1.29, 1.82) is 0 Å². The average molecular weight is 439 g/mol. The number of nitrogens with one attached hydrogen (secondary N) is 2. The van der Waals surface area contributed by atoms with Crippen LogP contribution in [-0.2, 0) is 11.3 Å². The van der Waals surface area contributed by atoms with Crippen molar-refractivity contribution < 1.29 is 28.5 Å². The number of benzene rings is 2. The van der Waals surface area contributed by atoms with Crippen LogP contribution in [0.3, 0.4) is 0 Å². The second-order valence-corrected chi connectivity index (χ2v) is 7.40. The summed E-state index contributed by atoms with van der Waals surface area (Å²) >= 11 is 0. The number of urea groups is 1. The van der Waals surface area contributed by atoms with Gasteiger partial charge in [-0.15, -0.1) is 0 Å². The highest BCUT2D eigenvalue weighted by atomic mass is 16.5. The van der Waals surface area contributed by atoms with E-state index in [0.29, 0.717) is 47.2 Å². The number of carbonyl (C=O) groups is 2. The van der Waals surface area contributed by atoms with Gasteiger partial charge >= 0.3 is 6.03 Å². The Balaban J connectivity index is 1.67. The minimum Gasteiger partial charge on any atom is -0.497 e. The van der Waals surface area contributed by atoms with Crippen LogP contribution < -0.4 is 29.6 Å². The summed E-state index contributed by atoms with van der Waals surface area (Å²) in [6.45, 7) is 0.695. The lowest BCUT2D eigenvalue weighted by Crippen LogP contribution is -2.44. The molecule has 32 heavy (non-hydrogen) atoms. The van der Waals surface area contributed by atoms with E-state index >= 15 is 0 Å². The summed E-state index contributed by atoms with van der Waals surface area (Å²) in [5.74, 6) is 1.88. The topological polar surface area (TPSA) is 98.4 Å². The van der Waals surface area contributed by atoms with Crippen molar-refractivity contribution >= 4 is 11.9 Å². The molecule has 0 radical (unpaired) electrons. The molecule has 1 atom stereocenters. The molecule has 2 aromatic carbocycles. The number of nitrogens with zero attached hydrogens (tertiary/aromatic N) is 1. The van der Waals surface area contributed by atoms with Gasteiger partial charge < -0.3 is 34.5 Å². The van der Waals surface area contributed by atoms with Gasteiger partial charge in [0.15, 0.2) is 11.5 Å². The van der Waals surface area contributed by atoms with Crippen LogP contribution in [0, 0.1) is 0 Å². The van der Waals surface area contributed by atoms with E-state index in [1.165, 1.54) is 21.3 Å². The number of methoxy groups -OCH3 is 4. The number of hydrogen-bond donors (Lipinski definition) is 2. The van der Waals surface area contributed by atoms with Crippen LogP contribution in [0.1, 0.15) is 17.2 Å². The van der Waals surface area contributed by atoms with E-state index in [-0.39, 0.29) is 11.9 Å². The molecule has 3 amide bonds. The van der Waals surface area contributed by atoms with Crippen molar-refractivity contribution in [2.75, 3.05) is 35.0 Å². The fraction of sp³-hybridized carbons (Fsp3) is 0.304. The Morgan fingerprint density at radius 2 is 1.69 bits per heavy atom. The van der Waals surface area contributed by atoms with Gasteiger partial charge in [0.05, 0.1) is 52.3 Å². The van der Waals surface area contributed by atoms with Crippen LogP contribution in [0.25, 0.3) is 0 Å². The van der Waals surface area contributed by atoms with Crippen LogP contribution >= 0.6 is 0 Å². The number of ether oxygens (including phenoxy) is 4. The molecule has 2 aliphatic rings. The Hall–Kier alpha value is -3.88. The Labute approximate surface area is 185 Å². The fourth-order valence-electron chi connectivity index (χ4n) is 4.07. The number of hydrogen-bond acceptors (Lipinski definition) is 6. The lowest BCUT2D eigenvalue weighted by Gasteiger charge is -2.26. The van der Waals surface area contributed by atoms with Gasteiger partial charge in [0, 0.05) is 6.54 Å². The standard InChI is InChI=1S/C23H25N3O6/c1-29-15-7-5-6-13(8-15)11-26-12-16-19(22(26)27)20(25-23(28)24-16)14-9-17(30-2)21(32-4)18(10-14)31-3/h5-10,20H,11-12H2,1-4H3,(H2,24,25,28)/t20-/m1/s1. The summed E-state index contributed by atoms with van der Waals surface area (Å²) in [6, 6.07) is 9.99. The molecule has 0 aliphatic carbocycles. The van der Waals surface area contributed by atoms with Gasteiger partial charge in [-0.1, -0.05) is 12.1 Å². The summed E-state index contributed by atoms with van der Waals surface area (Å²) in [6.07, 6.45) is 0. The monoisotopic (exact) mass is 439 g/mol. The molecule has 0 spiro atoms. The Kier molecular flexibility index (Phi) is 5.81. The predicted octanol–water partition coefficient (Wildman–Crippen LogP) is 2.37. The molecule has 0 aromatic heterocycles. The van der Waals surface area contributed by atoms with Crippen LogP contribution in [0.2, 0.25) is 0 Å². The first-order valence-electron chi connectivity index (χ1n) is 10.0. The van der Waals surface area contributed by atoms with Crippen LogP contribution in [-0.4, -0.2) is 51.8 Å². The Morgan fingerprint density at radius 1 is 0.969 bits per heavy atom. The van der Waals surface area contributed by atoms with Crippen LogP contribution in [0.4, 0.5) is 4.79 Å². The van der Waals surface area contributed by atoms with Gasteiger partial charge in [-0.25, -0.2) is 4.79 Å². The van der Waals surface area contributed by atoms with Crippen molar-refractivity contribution in [2.45, 2.75) is 12.6 Å². The van der Waals surface area contributed by atoms with E-state index < -0.39 is 6.04 Å². The van der Waals surface area contributed by atoms with Gasteiger partial charge in [-0.2, -0.15) is 0 Å². The zero-order valence-electron chi connectivity index (χ0n) is 18.4. The average Bonchev–Trinajstić information content (AvgIpc) is 3.12. The normalized spacial score (nSPS) is 17.5. The molecule has 2 N–H and O–H groups in total. The van der Waals surface area contributed by atoms with Crippen molar-refractivity contribution in [3.63, 3.8) is 0 Å². The molecule has 9 nitrogen and oxygen atoms in total. The maximum atomic E-state index is 13.4. The fourth-order valence-corrected chi connectivity index (χ4v) is 4.07. The van der Waals surface area contributed by atoms with E-state index in [2.05, 4.69) is 10.6 Å². The quantitative estimate of drug-likeness (QED) is 0.687. The van der Waals surface area contributed by atoms with Crippen molar-refractivity contribution in [2.24, 2.45) is 0 Å². The van der Waals surface area contributed by atoms with Crippen LogP contribution in [0.15, 0.2) is 47.7 Å². The van der Waals surface area contributed by atoms with Gasteiger partial charge in [0.25, 0.3) is 5.91 Å². The molecule has 2 heterocycles. The predicted molar refractivity (Wildman–Crippen MR) is 116 cm³/mol. The highest BCUT2D eigenvalue weighted by molar-refractivity contribution is 6.01. The first-order chi connectivity index (χ1) is 15.5. The molecule has 0 bridgehead atoms. The molecule has 0 fully saturated rings. The third kappa shape index (κ3) is 3.77. The van der Waals surface area contributed by atoms with Crippen molar-refractivity contribution in [3.05, 3.63) is 58.8 Å². The molecule has 0 saturated carbocycles. The highest BCUT2D eigenvalue weighted by Gasteiger charge is 2.41. The van der Waals surface area contributed by atoms with Crippen molar-refractivity contribution in [3.8, 4) is 23.0 Å². The summed E-state index contributed by atoms with van der Waals surface area (Å²) < 4.78 is 21.5. The molecular weight excluding hydrogens is 414 g/mol. The Bertz CT molecular complexity index is 1070. The van der Waals surface area contributed by atoms with Gasteiger partial charge in [-0.3, -0.25) is 4.79 Å². The molecular formula is C23H25N3O6. The maximum absolute atomic E-state index is 13.4. The van der Waals surface area contributed by atoms with E-state index in [1.54, 1.807) is 24.1 Å².